The molecule has 0 heterocycles. The van der Waals surface area contributed by atoms with Crippen LogP contribution in [0.2, 0.25) is 10.0 Å². The fraction of sp³-hybridized carbons (Fsp3) is 0.211. The fourth-order valence-electron chi connectivity index (χ4n) is 3.99. The van der Waals surface area contributed by atoms with Crippen molar-refractivity contribution in [1.82, 2.24) is 0 Å². The largest absolute Gasteiger partial charge is 0.469 e. The molecule has 4 rings (SSSR count). The molecule has 2 aliphatic carbocycles. The molecule has 0 bridgehead atoms. The molecule has 0 unspecified atom stereocenters. The van der Waals surface area contributed by atoms with E-state index in [2.05, 4.69) is 0 Å². The first-order valence-corrected chi connectivity index (χ1v) is 8.41. The van der Waals surface area contributed by atoms with Crippen molar-refractivity contribution < 1.29 is 19.1 Å². The molecule has 0 aliphatic heterocycles. The number of benzene rings is 2. The molecular weight excluding hydrogens is 363 g/mol. The molecule has 1 fully saturated rings. The van der Waals surface area contributed by atoms with E-state index >= 15 is 0 Å². The topological polar surface area (TPSA) is 60.4 Å². The Balaban J connectivity index is 1.88. The summed E-state index contributed by atoms with van der Waals surface area (Å²) >= 11 is 12.0. The molecule has 2 aromatic rings. The van der Waals surface area contributed by atoms with Gasteiger partial charge in [0.1, 0.15) is 5.41 Å². The first-order valence-electron chi connectivity index (χ1n) is 7.66. The quantitative estimate of drug-likeness (QED) is 0.589. The number of ether oxygens (including phenoxy) is 1. The molecule has 0 amide bonds. The highest BCUT2D eigenvalue weighted by molar-refractivity contribution is 6.42. The summed E-state index contributed by atoms with van der Waals surface area (Å²) in [5.74, 6) is -2.71. The van der Waals surface area contributed by atoms with Gasteiger partial charge in [0.15, 0.2) is 11.6 Å². The molecule has 0 saturated heterocycles. The number of methoxy groups -OCH3 is 1. The van der Waals surface area contributed by atoms with E-state index in [0.29, 0.717) is 26.7 Å². The van der Waals surface area contributed by atoms with Crippen LogP contribution in [-0.2, 0) is 9.53 Å². The maximum atomic E-state index is 13.1. The Labute approximate surface area is 153 Å². The van der Waals surface area contributed by atoms with E-state index in [1.165, 1.54) is 7.11 Å². The predicted molar refractivity (Wildman–Crippen MR) is 92.2 cm³/mol. The minimum atomic E-state index is -1.44. The van der Waals surface area contributed by atoms with Crippen LogP contribution in [0.15, 0.2) is 42.5 Å². The third-order valence-corrected chi connectivity index (χ3v) is 5.87. The second-order valence-corrected chi connectivity index (χ2v) is 7.04. The Morgan fingerprint density at radius 2 is 1.60 bits per heavy atom. The number of carbonyl (C=O) groups excluding carboxylic acids is 3. The first kappa shape index (κ1) is 16.3. The van der Waals surface area contributed by atoms with Crippen LogP contribution >= 0.6 is 23.2 Å². The fourth-order valence-corrected chi connectivity index (χ4v) is 4.30. The molecule has 25 heavy (non-hydrogen) atoms. The van der Waals surface area contributed by atoms with Crippen molar-refractivity contribution in [1.29, 1.82) is 0 Å². The minimum Gasteiger partial charge on any atom is -0.469 e. The number of hydrogen-bond acceptors (Lipinski definition) is 4. The van der Waals surface area contributed by atoms with Crippen LogP contribution in [0.3, 0.4) is 0 Å². The lowest BCUT2D eigenvalue weighted by atomic mass is 9.93. The summed E-state index contributed by atoms with van der Waals surface area (Å²) in [7, 11) is 1.25. The van der Waals surface area contributed by atoms with Crippen molar-refractivity contribution in [3.63, 3.8) is 0 Å². The van der Waals surface area contributed by atoms with E-state index in [1.54, 1.807) is 42.5 Å². The molecule has 1 saturated carbocycles. The molecule has 0 radical (unpaired) electrons. The third kappa shape index (κ3) is 1.98. The van der Waals surface area contributed by atoms with E-state index in [1.807, 2.05) is 0 Å². The van der Waals surface area contributed by atoms with Crippen molar-refractivity contribution in [3.8, 4) is 0 Å². The van der Waals surface area contributed by atoms with Crippen molar-refractivity contribution in [3.05, 3.63) is 69.2 Å². The van der Waals surface area contributed by atoms with Crippen LogP contribution in [0.25, 0.3) is 0 Å². The molecule has 2 aromatic carbocycles. The summed E-state index contributed by atoms with van der Waals surface area (Å²) in [4.78, 5) is 38.5. The molecule has 2 atom stereocenters. The summed E-state index contributed by atoms with van der Waals surface area (Å²) in [5, 5.41) is 0.669. The smallest absolute Gasteiger partial charge is 0.310 e. The number of halogens is 2. The second kappa shape index (κ2) is 5.41. The maximum Gasteiger partial charge on any atom is 0.310 e. The second-order valence-electron chi connectivity index (χ2n) is 6.22. The van der Waals surface area contributed by atoms with E-state index in [0.717, 1.165) is 0 Å². The standard InChI is InChI=1S/C19H12Cl2O4/c1-25-18(24)15-14(9-6-7-12(20)13(21)8-9)19(15)16(22)10-4-2-3-5-11(10)17(19)23/h2-8,14-15H,1H3/t14-,15+/m0/s1. The van der Waals surface area contributed by atoms with Crippen molar-refractivity contribution in [2.24, 2.45) is 11.3 Å². The third-order valence-electron chi connectivity index (χ3n) is 5.13. The Hall–Kier alpha value is -2.17. The maximum absolute atomic E-state index is 13.1. The van der Waals surface area contributed by atoms with Crippen LogP contribution in [0.4, 0.5) is 0 Å². The van der Waals surface area contributed by atoms with Gasteiger partial charge in [-0.05, 0) is 17.7 Å². The zero-order valence-electron chi connectivity index (χ0n) is 13.1. The average Bonchev–Trinajstić information content (AvgIpc) is 3.27. The monoisotopic (exact) mass is 374 g/mol. The van der Waals surface area contributed by atoms with Gasteiger partial charge < -0.3 is 4.74 Å². The molecule has 126 valence electrons. The number of Topliss-reactive ketones (excluding diaryl/α,β-unsaturated/α-hetero) is 2. The van der Waals surface area contributed by atoms with Gasteiger partial charge in [-0.3, -0.25) is 14.4 Å². The van der Waals surface area contributed by atoms with Gasteiger partial charge in [0.05, 0.1) is 23.1 Å². The van der Waals surface area contributed by atoms with Crippen molar-refractivity contribution in [2.75, 3.05) is 7.11 Å². The van der Waals surface area contributed by atoms with Gasteiger partial charge in [-0.15, -0.1) is 0 Å². The van der Waals surface area contributed by atoms with Crippen LogP contribution in [0.5, 0.6) is 0 Å². The lowest BCUT2D eigenvalue weighted by Gasteiger charge is -2.07. The highest BCUT2D eigenvalue weighted by Gasteiger charge is 2.79. The number of hydrogen-bond donors (Lipinski definition) is 0. The van der Waals surface area contributed by atoms with Gasteiger partial charge in [-0.2, -0.15) is 0 Å². The normalized spacial score (nSPS) is 22.8. The van der Waals surface area contributed by atoms with Gasteiger partial charge in [0.2, 0.25) is 0 Å². The summed E-state index contributed by atoms with van der Waals surface area (Å²) in [6.45, 7) is 0. The first-order chi connectivity index (χ1) is 11.9. The molecule has 4 nitrogen and oxygen atoms in total. The van der Waals surface area contributed by atoms with Crippen molar-refractivity contribution >= 4 is 40.7 Å². The van der Waals surface area contributed by atoms with Gasteiger partial charge in [0.25, 0.3) is 0 Å². The van der Waals surface area contributed by atoms with Crippen LogP contribution < -0.4 is 0 Å². The zero-order chi connectivity index (χ0) is 17.9. The molecule has 1 spiro atoms. The Kier molecular flexibility index (Phi) is 3.53. The van der Waals surface area contributed by atoms with Crippen molar-refractivity contribution in [2.45, 2.75) is 5.92 Å². The predicted octanol–water partition coefficient (Wildman–Crippen LogP) is 3.95. The Bertz CT molecular complexity index is 915. The Morgan fingerprint density at radius 3 is 2.12 bits per heavy atom. The lowest BCUT2D eigenvalue weighted by Crippen LogP contribution is -2.24. The minimum absolute atomic E-state index is 0.306. The van der Waals surface area contributed by atoms with E-state index < -0.39 is 23.2 Å². The summed E-state index contributed by atoms with van der Waals surface area (Å²) < 4.78 is 4.86. The molecule has 0 aromatic heterocycles. The lowest BCUT2D eigenvalue weighted by molar-refractivity contribution is -0.142. The summed E-state index contributed by atoms with van der Waals surface area (Å²) in [6, 6.07) is 11.5. The number of rotatable bonds is 2. The van der Waals surface area contributed by atoms with Gasteiger partial charge >= 0.3 is 5.97 Å². The van der Waals surface area contributed by atoms with E-state index in [-0.39, 0.29) is 11.6 Å². The van der Waals surface area contributed by atoms with Crippen LogP contribution in [0, 0.1) is 11.3 Å². The summed E-state index contributed by atoms with van der Waals surface area (Å²) in [5.41, 5.74) is -0.110. The molecular formula is C19H12Cl2O4. The van der Waals surface area contributed by atoms with Crippen LogP contribution in [-0.4, -0.2) is 24.6 Å². The van der Waals surface area contributed by atoms with E-state index in [4.69, 9.17) is 27.9 Å². The number of esters is 1. The summed E-state index contributed by atoms with van der Waals surface area (Å²) in [6.07, 6.45) is 0. The van der Waals surface area contributed by atoms with Gasteiger partial charge in [-0.25, -0.2) is 0 Å². The van der Waals surface area contributed by atoms with Gasteiger partial charge in [0, 0.05) is 17.0 Å². The highest BCUT2D eigenvalue weighted by atomic mass is 35.5. The highest BCUT2D eigenvalue weighted by Crippen LogP contribution is 2.70. The SMILES string of the molecule is COC(=O)[C@H]1[C@H](c2ccc(Cl)c(Cl)c2)C12C(=O)c1ccccc1C2=O. The molecule has 0 N–H and O–H groups in total. The van der Waals surface area contributed by atoms with E-state index in [9.17, 15) is 14.4 Å². The van der Waals surface area contributed by atoms with Gasteiger partial charge in [-0.1, -0.05) is 53.5 Å². The average molecular weight is 375 g/mol. The number of fused-ring (bicyclic) bond motifs is 1. The number of ketones is 2. The van der Waals surface area contributed by atoms with Crippen LogP contribution in [0.1, 0.15) is 32.2 Å². The molecule has 6 heteroatoms. The molecule has 2 aliphatic rings. The Morgan fingerprint density at radius 1 is 1.00 bits per heavy atom. The zero-order valence-corrected chi connectivity index (χ0v) is 14.6. The number of carbonyl (C=O) groups is 3.